The lowest BCUT2D eigenvalue weighted by Crippen LogP contribution is -1.98. The number of hydrogen-bond donors (Lipinski definition) is 1. The van der Waals surface area contributed by atoms with Crippen molar-refractivity contribution in [3.8, 4) is 23.1 Å². The van der Waals surface area contributed by atoms with Crippen LogP contribution in [0.5, 0.6) is 0 Å². The largest absolute Gasteiger partial charge is 0.383 e. The van der Waals surface area contributed by atoms with E-state index in [9.17, 15) is 0 Å². The van der Waals surface area contributed by atoms with Crippen molar-refractivity contribution in [2.45, 2.75) is 0 Å². The minimum Gasteiger partial charge on any atom is -0.383 e. The molecule has 0 fully saturated rings. The predicted octanol–water partition coefficient (Wildman–Crippen LogP) is 0.509. The number of nitrogen functional groups attached to an aromatic ring is 1. The van der Waals surface area contributed by atoms with E-state index in [2.05, 4.69) is 25.2 Å². The summed E-state index contributed by atoms with van der Waals surface area (Å²) in [6.07, 6.45) is 4.78. The summed E-state index contributed by atoms with van der Waals surface area (Å²) < 4.78 is 6.65. The minimum atomic E-state index is 0.294. The summed E-state index contributed by atoms with van der Waals surface area (Å²) in [6, 6.07) is 1.71. The quantitative estimate of drug-likeness (QED) is 0.698. The van der Waals surface area contributed by atoms with Gasteiger partial charge < -0.3 is 10.3 Å². The Morgan fingerprint density at radius 2 is 2.00 bits per heavy atom. The summed E-state index contributed by atoms with van der Waals surface area (Å²) in [6.45, 7) is 0. The zero-order chi connectivity index (χ0) is 12.5. The molecule has 3 rings (SSSR count). The number of nitrogens with zero attached hydrogens (tertiary/aromatic N) is 6. The molecule has 0 aliphatic rings. The molecule has 0 saturated heterocycles. The van der Waals surface area contributed by atoms with Gasteiger partial charge in [0.05, 0.1) is 6.20 Å². The van der Waals surface area contributed by atoms with Crippen LogP contribution < -0.4 is 5.73 Å². The second-order valence-electron chi connectivity index (χ2n) is 3.56. The summed E-state index contributed by atoms with van der Waals surface area (Å²) in [7, 11) is 1.73. The number of aromatic nitrogens is 6. The van der Waals surface area contributed by atoms with Gasteiger partial charge in [-0.1, -0.05) is 5.16 Å². The van der Waals surface area contributed by atoms with Crippen molar-refractivity contribution < 1.29 is 4.52 Å². The molecular formula is C10H9N7O. The molecule has 0 aromatic carbocycles. The van der Waals surface area contributed by atoms with Gasteiger partial charge in [0, 0.05) is 19.4 Å². The maximum atomic E-state index is 5.82. The van der Waals surface area contributed by atoms with Crippen LogP contribution in [0, 0.1) is 0 Å². The number of hydrogen-bond acceptors (Lipinski definition) is 7. The molecule has 3 heterocycles. The molecule has 0 spiro atoms. The van der Waals surface area contributed by atoms with E-state index in [1.807, 2.05) is 0 Å². The molecule has 0 saturated carbocycles. The molecule has 90 valence electrons. The van der Waals surface area contributed by atoms with Gasteiger partial charge in [-0.3, -0.25) is 4.68 Å². The smallest absolute Gasteiger partial charge is 0.263 e. The predicted molar refractivity (Wildman–Crippen MR) is 61.9 cm³/mol. The first kappa shape index (κ1) is 10.4. The van der Waals surface area contributed by atoms with Crippen LogP contribution in [0.25, 0.3) is 23.1 Å². The SMILES string of the molecule is Cn1ncc(-c2nc(-c3ncccn3)no2)c1N. The Kier molecular flexibility index (Phi) is 2.26. The maximum absolute atomic E-state index is 5.82. The Morgan fingerprint density at radius 3 is 2.67 bits per heavy atom. The van der Waals surface area contributed by atoms with E-state index in [-0.39, 0.29) is 0 Å². The summed E-state index contributed by atoms with van der Waals surface area (Å²) in [5.41, 5.74) is 6.41. The fraction of sp³-hybridized carbons (Fsp3) is 0.100. The zero-order valence-electron chi connectivity index (χ0n) is 9.48. The standard InChI is InChI=1S/C10H9N7O/c1-17-7(11)6(5-14-17)10-15-9(16-18-10)8-12-3-2-4-13-8/h2-5H,11H2,1H3. The van der Waals surface area contributed by atoms with Crippen LogP contribution in [0.2, 0.25) is 0 Å². The Labute approximate surface area is 101 Å². The third-order valence-electron chi connectivity index (χ3n) is 2.41. The van der Waals surface area contributed by atoms with E-state index in [4.69, 9.17) is 10.3 Å². The molecule has 0 aliphatic heterocycles. The van der Waals surface area contributed by atoms with Crippen molar-refractivity contribution in [1.82, 2.24) is 29.9 Å². The van der Waals surface area contributed by atoms with Gasteiger partial charge >= 0.3 is 0 Å². The Balaban J connectivity index is 2.02. The van der Waals surface area contributed by atoms with Crippen LogP contribution in [0.4, 0.5) is 5.82 Å². The van der Waals surface area contributed by atoms with E-state index >= 15 is 0 Å². The number of nitrogens with two attached hydrogens (primary N) is 1. The van der Waals surface area contributed by atoms with Crippen LogP contribution in [0.3, 0.4) is 0 Å². The average Bonchev–Trinajstić information content (AvgIpc) is 3.00. The summed E-state index contributed by atoms with van der Waals surface area (Å²) in [4.78, 5) is 12.3. The molecule has 8 heteroatoms. The van der Waals surface area contributed by atoms with Crippen LogP contribution in [0.1, 0.15) is 0 Å². The molecule has 18 heavy (non-hydrogen) atoms. The van der Waals surface area contributed by atoms with Crippen molar-refractivity contribution in [2.24, 2.45) is 7.05 Å². The first-order valence-corrected chi connectivity index (χ1v) is 5.14. The van der Waals surface area contributed by atoms with E-state index in [1.165, 1.54) is 4.68 Å². The molecule has 3 aromatic heterocycles. The Hall–Kier alpha value is -2.77. The topological polar surface area (TPSA) is 109 Å². The van der Waals surface area contributed by atoms with E-state index in [0.717, 1.165) is 0 Å². The Bertz CT molecular complexity index is 673. The van der Waals surface area contributed by atoms with E-state index in [1.54, 1.807) is 31.7 Å². The zero-order valence-corrected chi connectivity index (χ0v) is 9.48. The van der Waals surface area contributed by atoms with Crippen molar-refractivity contribution in [1.29, 1.82) is 0 Å². The summed E-state index contributed by atoms with van der Waals surface area (Å²) >= 11 is 0. The molecule has 8 nitrogen and oxygen atoms in total. The highest BCUT2D eigenvalue weighted by Crippen LogP contribution is 2.24. The maximum Gasteiger partial charge on any atom is 0.263 e. The number of anilines is 1. The molecule has 0 aliphatic carbocycles. The summed E-state index contributed by atoms with van der Waals surface area (Å²) in [5, 5.41) is 7.82. The highest BCUT2D eigenvalue weighted by molar-refractivity contribution is 5.67. The van der Waals surface area contributed by atoms with Gasteiger partial charge in [0.25, 0.3) is 5.89 Å². The second-order valence-corrected chi connectivity index (χ2v) is 3.56. The molecule has 0 amide bonds. The molecule has 0 bridgehead atoms. The highest BCUT2D eigenvalue weighted by Gasteiger charge is 2.16. The summed E-state index contributed by atoms with van der Waals surface area (Å²) in [5.74, 6) is 1.46. The van der Waals surface area contributed by atoms with Gasteiger partial charge in [-0.25, -0.2) is 9.97 Å². The molecule has 0 radical (unpaired) electrons. The van der Waals surface area contributed by atoms with E-state index < -0.39 is 0 Å². The lowest BCUT2D eigenvalue weighted by Gasteiger charge is -1.93. The first-order valence-electron chi connectivity index (χ1n) is 5.14. The normalized spacial score (nSPS) is 10.7. The average molecular weight is 243 g/mol. The van der Waals surface area contributed by atoms with Crippen LogP contribution in [-0.2, 0) is 7.05 Å². The van der Waals surface area contributed by atoms with Gasteiger partial charge in [-0.05, 0) is 6.07 Å². The van der Waals surface area contributed by atoms with Gasteiger partial charge in [0.1, 0.15) is 11.4 Å². The number of aryl methyl sites for hydroxylation is 1. The van der Waals surface area contributed by atoms with Crippen LogP contribution in [0.15, 0.2) is 29.2 Å². The molecule has 0 unspecified atom stereocenters. The van der Waals surface area contributed by atoms with Crippen molar-refractivity contribution in [3.05, 3.63) is 24.7 Å². The minimum absolute atomic E-state index is 0.294. The third kappa shape index (κ3) is 1.59. The molecule has 3 aromatic rings. The van der Waals surface area contributed by atoms with Gasteiger partial charge in [0.15, 0.2) is 0 Å². The van der Waals surface area contributed by atoms with E-state index in [0.29, 0.717) is 28.9 Å². The number of rotatable bonds is 2. The lowest BCUT2D eigenvalue weighted by atomic mass is 10.3. The monoisotopic (exact) mass is 243 g/mol. The molecule has 2 N–H and O–H groups in total. The van der Waals surface area contributed by atoms with Crippen LogP contribution in [-0.4, -0.2) is 29.9 Å². The fourth-order valence-corrected chi connectivity index (χ4v) is 1.45. The van der Waals surface area contributed by atoms with Crippen LogP contribution >= 0.6 is 0 Å². The van der Waals surface area contributed by atoms with Gasteiger partial charge in [0.2, 0.25) is 11.6 Å². The first-order chi connectivity index (χ1) is 8.75. The van der Waals surface area contributed by atoms with Gasteiger partial charge in [-0.15, -0.1) is 0 Å². The van der Waals surface area contributed by atoms with Crippen molar-refractivity contribution >= 4 is 5.82 Å². The van der Waals surface area contributed by atoms with Crippen molar-refractivity contribution in [3.63, 3.8) is 0 Å². The Morgan fingerprint density at radius 1 is 1.22 bits per heavy atom. The molecular weight excluding hydrogens is 234 g/mol. The molecule has 0 atom stereocenters. The third-order valence-corrected chi connectivity index (χ3v) is 2.41. The highest BCUT2D eigenvalue weighted by atomic mass is 16.5. The van der Waals surface area contributed by atoms with Gasteiger partial charge in [-0.2, -0.15) is 10.1 Å². The fourth-order valence-electron chi connectivity index (χ4n) is 1.45. The van der Waals surface area contributed by atoms with Crippen molar-refractivity contribution in [2.75, 3.05) is 5.73 Å². The second kappa shape index (κ2) is 3.91. The lowest BCUT2D eigenvalue weighted by molar-refractivity contribution is 0.432.